The number of nitrogens with one attached hydrogen (secondary N) is 1. The van der Waals surface area contributed by atoms with E-state index in [1.54, 1.807) is 19.9 Å². The van der Waals surface area contributed by atoms with Gasteiger partial charge in [-0.25, -0.2) is 13.1 Å². The smallest absolute Gasteiger partial charge is 0.243 e. The Balaban J connectivity index is 3.18. The first kappa shape index (κ1) is 14.4. The van der Waals surface area contributed by atoms with E-state index in [2.05, 4.69) is 20.7 Å². The fourth-order valence-corrected chi connectivity index (χ4v) is 3.27. The van der Waals surface area contributed by atoms with Gasteiger partial charge in [0.15, 0.2) is 0 Å². The molecule has 0 atom stereocenters. The van der Waals surface area contributed by atoms with Crippen LogP contribution in [0.5, 0.6) is 0 Å². The summed E-state index contributed by atoms with van der Waals surface area (Å²) in [5, 5.41) is 9.06. The number of rotatable bonds is 4. The maximum absolute atomic E-state index is 12.1. The molecule has 0 heterocycles. The summed E-state index contributed by atoms with van der Waals surface area (Å²) < 4.78 is 27.1. The highest BCUT2D eigenvalue weighted by Crippen LogP contribution is 2.23. The van der Waals surface area contributed by atoms with Crippen molar-refractivity contribution < 1.29 is 13.5 Å². The highest BCUT2D eigenvalue weighted by atomic mass is 79.9. The van der Waals surface area contributed by atoms with Gasteiger partial charge in [-0.3, -0.25) is 0 Å². The Labute approximate surface area is 109 Å². The minimum atomic E-state index is -3.75. The van der Waals surface area contributed by atoms with Crippen LogP contribution in [0.2, 0.25) is 0 Å². The zero-order valence-electron chi connectivity index (χ0n) is 9.57. The molecule has 0 saturated carbocycles. The molecule has 7 heteroatoms. The molecule has 0 aliphatic heterocycles. The SMILES string of the molecule is CC(C)(CO)NS(=O)(=O)c1cc(Br)ccc1N. The lowest BCUT2D eigenvalue weighted by Crippen LogP contribution is -2.46. The van der Waals surface area contributed by atoms with Gasteiger partial charge in [0.25, 0.3) is 0 Å². The molecule has 0 bridgehead atoms. The highest BCUT2D eigenvalue weighted by Gasteiger charge is 2.27. The molecule has 0 fully saturated rings. The molecule has 0 unspecified atom stereocenters. The van der Waals surface area contributed by atoms with Crippen LogP contribution in [-0.4, -0.2) is 25.7 Å². The van der Waals surface area contributed by atoms with Crippen molar-refractivity contribution in [2.24, 2.45) is 0 Å². The Bertz CT molecular complexity index is 514. The van der Waals surface area contributed by atoms with Gasteiger partial charge in [0.1, 0.15) is 4.90 Å². The van der Waals surface area contributed by atoms with Gasteiger partial charge in [0.05, 0.1) is 17.8 Å². The summed E-state index contributed by atoms with van der Waals surface area (Å²) in [6, 6.07) is 4.58. The van der Waals surface area contributed by atoms with Crippen molar-refractivity contribution in [1.29, 1.82) is 0 Å². The molecule has 0 saturated heterocycles. The van der Waals surface area contributed by atoms with Gasteiger partial charge in [0.2, 0.25) is 10.0 Å². The third-order valence-electron chi connectivity index (χ3n) is 2.07. The lowest BCUT2D eigenvalue weighted by Gasteiger charge is -2.23. The van der Waals surface area contributed by atoms with Gasteiger partial charge < -0.3 is 10.8 Å². The van der Waals surface area contributed by atoms with Gasteiger partial charge in [-0.2, -0.15) is 0 Å². The number of hydrogen-bond acceptors (Lipinski definition) is 4. The third kappa shape index (κ3) is 3.67. The summed E-state index contributed by atoms with van der Waals surface area (Å²) in [6.07, 6.45) is 0. The van der Waals surface area contributed by atoms with E-state index in [-0.39, 0.29) is 17.2 Å². The van der Waals surface area contributed by atoms with Crippen molar-refractivity contribution in [1.82, 2.24) is 4.72 Å². The maximum Gasteiger partial charge on any atom is 0.243 e. The fourth-order valence-electron chi connectivity index (χ4n) is 1.19. The topological polar surface area (TPSA) is 92.4 Å². The van der Waals surface area contributed by atoms with Crippen molar-refractivity contribution >= 4 is 31.6 Å². The number of benzene rings is 1. The van der Waals surface area contributed by atoms with Crippen LogP contribution in [0.1, 0.15) is 13.8 Å². The van der Waals surface area contributed by atoms with E-state index < -0.39 is 15.6 Å². The van der Waals surface area contributed by atoms with Crippen LogP contribution in [0, 0.1) is 0 Å². The molecule has 1 aromatic carbocycles. The number of sulfonamides is 1. The Hall–Kier alpha value is -0.630. The van der Waals surface area contributed by atoms with Crippen LogP contribution in [-0.2, 0) is 10.0 Å². The van der Waals surface area contributed by atoms with Gasteiger partial charge in [-0.1, -0.05) is 15.9 Å². The molecule has 17 heavy (non-hydrogen) atoms. The van der Waals surface area contributed by atoms with E-state index in [1.807, 2.05) is 0 Å². The Kier molecular flexibility index (Phi) is 4.19. The Morgan fingerprint density at radius 2 is 2.06 bits per heavy atom. The minimum absolute atomic E-state index is 0.00611. The minimum Gasteiger partial charge on any atom is -0.398 e. The van der Waals surface area contributed by atoms with E-state index >= 15 is 0 Å². The molecular weight excluding hydrogens is 308 g/mol. The summed E-state index contributed by atoms with van der Waals surface area (Å²) in [7, 11) is -3.75. The predicted octanol–water partition coefficient (Wildman–Crippen LogP) is 1.08. The van der Waals surface area contributed by atoms with Crippen molar-refractivity contribution in [3.63, 3.8) is 0 Å². The summed E-state index contributed by atoms with van der Waals surface area (Å²) in [6.45, 7) is 2.86. The van der Waals surface area contributed by atoms with Crippen LogP contribution in [0.4, 0.5) is 5.69 Å². The quantitative estimate of drug-likeness (QED) is 0.723. The number of anilines is 1. The molecule has 1 rings (SSSR count). The molecule has 0 spiro atoms. The number of nitrogens with two attached hydrogens (primary N) is 1. The van der Waals surface area contributed by atoms with Gasteiger partial charge in [0, 0.05) is 4.47 Å². The van der Waals surface area contributed by atoms with Crippen LogP contribution >= 0.6 is 15.9 Å². The highest BCUT2D eigenvalue weighted by molar-refractivity contribution is 9.10. The maximum atomic E-state index is 12.1. The van der Waals surface area contributed by atoms with E-state index in [0.717, 1.165) is 0 Å². The lowest BCUT2D eigenvalue weighted by atomic mass is 10.1. The average Bonchev–Trinajstić information content (AvgIpc) is 2.20. The van der Waals surface area contributed by atoms with E-state index in [0.29, 0.717) is 4.47 Å². The largest absolute Gasteiger partial charge is 0.398 e. The summed E-state index contributed by atoms with van der Waals surface area (Å²) in [5.74, 6) is 0. The van der Waals surface area contributed by atoms with E-state index in [4.69, 9.17) is 10.8 Å². The molecule has 5 nitrogen and oxygen atoms in total. The molecule has 4 N–H and O–H groups in total. The van der Waals surface area contributed by atoms with Crippen LogP contribution in [0.15, 0.2) is 27.6 Å². The molecule has 0 amide bonds. The second-order valence-electron chi connectivity index (χ2n) is 4.33. The zero-order chi connectivity index (χ0) is 13.3. The van der Waals surface area contributed by atoms with Crippen molar-refractivity contribution in [2.45, 2.75) is 24.3 Å². The number of nitrogen functional groups attached to an aromatic ring is 1. The van der Waals surface area contributed by atoms with Crippen molar-refractivity contribution in [2.75, 3.05) is 12.3 Å². The van der Waals surface area contributed by atoms with Crippen LogP contribution in [0.3, 0.4) is 0 Å². The number of aliphatic hydroxyl groups excluding tert-OH is 1. The van der Waals surface area contributed by atoms with Gasteiger partial charge >= 0.3 is 0 Å². The summed E-state index contributed by atoms with van der Waals surface area (Å²) >= 11 is 3.19. The number of hydrogen-bond donors (Lipinski definition) is 3. The first-order valence-electron chi connectivity index (χ1n) is 4.88. The molecule has 0 aliphatic carbocycles. The van der Waals surface area contributed by atoms with Crippen LogP contribution < -0.4 is 10.5 Å². The lowest BCUT2D eigenvalue weighted by molar-refractivity contribution is 0.208. The monoisotopic (exact) mass is 322 g/mol. The molecule has 0 aliphatic rings. The van der Waals surface area contributed by atoms with Crippen LogP contribution in [0.25, 0.3) is 0 Å². The van der Waals surface area contributed by atoms with Gasteiger partial charge in [-0.05, 0) is 32.0 Å². The zero-order valence-corrected chi connectivity index (χ0v) is 12.0. The average molecular weight is 323 g/mol. The standard InChI is InChI=1S/C10H15BrN2O3S/c1-10(2,6-14)13-17(15,16)9-5-7(11)3-4-8(9)12/h3-5,13-14H,6,12H2,1-2H3. The Morgan fingerprint density at radius 1 is 1.47 bits per heavy atom. The van der Waals surface area contributed by atoms with Crippen molar-refractivity contribution in [3.8, 4) is 0 Å². The fraction of sp³-hybridized carbons (Fsp3) is 0.400. The second kappa shape index (κ2) is 4.93. The van der Waals surface area contributed by atoms with E-state index in [9.17, 15) is 8.42 Å². The van der Waals surface area contributed by atoms with Crippen molar-refractivity contribution in [3.05, 3.63) is 22.7 Å². The van der Waals surface area contributed by atoms with E-state index in [1.165, 1.54) is 12.1 Å². The molecule has 0 radical (unpaired) electrons. The first-order chi connectivity index (χ1) is 7.68. The molecule has 0 aromatic heterocycles. The molecule has 1 aromatic rings. The molecular formula is C10H15BrN2O3S. The second-order valence-corrected chi connectivity index (χ2v) is 6.90. The summed E-state index contributed by atoms with van der Waals surface area (Å²) in [5.41, 5.74) is 4.86. The third-order valence-corrected chi connectivity index (χ3v) is 4.32. The predicted molar refractivity (Wildman–Crippen MR) is 70.0 cm³/mol. The number of aliphatic hydroxyl groups is 1. The van der Waals surface area contributed by atoms with Gasteiger partial charge in [-0.15, -0.1) is 0 Å². The normalized spacial score (nSPS) is 12.7. The molecule has 96 valence electrons. The summed E-state index contributed by atoms with van der Waals surface area (Å²) in [4.78, 5) is -0.00611. The Morgan fingerprint density at radius 3 is 2.59 bits per heavy atom. The number of halogens is 1. The first-order valence-corrected chi connectivity index (χ1v) is 7.15.